The Morgan fingerprint density at radius 2 is 0.654 bits per heavy atom. The predicted octanol–water partition coefficient (Wildman–Crippen LogP) is 24.8. The monoisotopic (exact) mass is 1360 g/mol. The Hall–Kier alpha value is -9.17. The SMILES string of the molecule is CC1=CC(C)=C(B2c3cc(C(C)(C)C)ccc3N3c4ccc(C(C)(C)C)cc4B(c4ccc(C)cc4C)c4cc(-c5c(-c6cc(-c7ccc(C(C)(C)C)cc7)cc(-c7ccc(C(C)(C)C)cc7)c6)cccc5-c5cc(-c6ccc(C(C)(C)C)cc6)cc(-c6ccc(C(C)(C)C)cc6)c5)cc2c43)C(C)C1. The van der Waals surface area contributed by atoms with Crippen LogP contribution in [0.5, 0.6) is 0 Å². The zero-order valence-corrected chi connectivity index (χ0v) is 66.7. The second-order valence-corrected chi connectivity index (χ2v) is 37.5. The molecular weight excluding hydrogens is 1250 g/mol. The Kier molecular flexibility index (Phi) is 18.1. The van der Waals surface area contributed by atoms with Crippen molar-refractivity contribution >= 4 is 57.8 Å². The van der Waals surface area contributed by atoms with Gasteiger partial charge in [0.1, 0.15) is 0 Å². The first kappa shape index (κ1) is 71.8. The van der Waals surface area contributed by atoms with Gasteiger partial charge in [0.15, 0.2) is 0 Å². The summed E-state index contributed by atoms with van der Waals surface area (Å²) in [6.07, 6.45) is 3.53. The molecule has 3 aliphatic rings. The van der Waals surface area contributed by atoms with Crippen molar-refractivity contribution in [2.24, 2.45) is 5.92 Å². The lowest BCUT2D eigenvalue weighted by molar-refractivity contribution is 0.590. The quantitative estimate of drug-likeness (QED) is 0.130. The van der Waals surface area contributed by atoms with Crippen LogP contribution >= 0.6 is 0 Å². The van der Waals surface area contributed by atoms with Crippen LogP contribution in [0, 0.1) is 19.8 Å². The number of hydrogen-bond donors (Lipinski definition) is 0. The summed E-state index contributed by atoms with van der Waals surface area (Å²) in [7, 11) is 0. The molecule has 3 heteroatoms. The molecule has 11 aromatic rings. The van der Waals surface area contributed by atoms with Crippen LogP contribution in [-0.2, 0) is 32.5 Å². The minimum Gasteiger partial charge on any atom is -0.313 e. The summed E-state index contributed by atoms with van der Waals surface area (Å²) in [6.45, 7) is 53.8. The molecule has 14 rings (SSSR count). The number of nitrogens with zero attached hydrogens (tertiary/aromatic N) is 1. The van der Waals surface area contributed by atoms with Crippen molar-refractivity contribution in [2.45, 2.75) is 198 Å². The molecule has 1 aliphatic carbocycles. The summed E-state index contributed by atoms with van der Waals surface area (Å²) in [4.78, 5) is 2.73. The molecule has 0 saturated heterocycles. The normalized spacial score (nSPS) is 14.9. The Morgan fingerprint density at radius 1 is 0.308 bits per heavy atom. The molecule has 0 spiro atoms. The molecule has 2 aliphatic heterocycles. The number of rotatable bonds is 9. The number of anilines is 3. The molecule has 1 unspecified atom stereocenters. The van der Waals surface area contributed by atoms with Crippen LogP contribution in [0.15, 0.2) is 241 Å². The van der Waals surface area contributed by atoms with Gasteiger partial charge in [-0.2, -0.15) is 0 Å². The van der Waals surface area contributed by atoms with Crippen molar-refractivity contribution in [3.05, 3.63) is 286 Å². The zero-order valence-electron chi connectivity index (χ0n) is 66.7. The Morgan fingerprint density at radius 3 is 1.01 bits per heavy atom. The highest BCUT2D eigenvalue weighted by molar-refractivity contribution is 7.01. The topological polar surface area (TPSA) is 3.24 Å². The van der Waals surface area contributed by atoms with E-state index in [9.17, 15) is 0 Å². The maximum atomic E-state index is 2.73. The van der Waals surface area contributed by atoms with Crippen LogP contribution in [0.25, 0.3) is 77.9 Å². The number of aryl methyl sites for hydroxylation is 2. The van der Waals surface area contributed by atoms with Gasteiger partial charge >= 0.3 is 0 Å². The van der Waals surface area contributed by atoms with E-state index < -0.39 is 0 Å². The Balaban J connectivity index is 1.16. The summed E-state index contributed by atoms with van der Waals surface area (Å²) in [5.41, 5.74) is 42.1. The number of allylic oxidation sites excluding steroid dienone is 4. The minimum atomic E-state index is -0.102. The molecule has 0 amide bonds. The molecule has 0 fully saturated rings. The van der Waals surface area contributed by atoms with Gasteiger partial charge in [-0.3, -0.25) is 0 Å². The number of fused-ring (bicyclic) bond motifs is 4. The Labute approximate surface area is 626 Å². The summed E-state index contributed by atoms with van der Waals surface area (Å²) in [6, 6.07) is 87.5. The molecule has 11 aromatic carbocycles. The molecule has 0 radical (unpaired) electrons. The van der Waals surface area contributed by atoms with E-state index in [4.69, 9.17) is 0 Å². The molecule has 0 N–H and O–H groups in total. The molecular formula is C101H109B2N. The first-order valence-corrected chi connectivity index (χ1v) is 38.5. The van der Waals surface area contributed by atoms with Crippen LogP contribution in [0.3, 0.4) is 0 Å². The number of benzene rings is 11. The summed E-state index contributed by atoms with van der Waals surface area (Å²) in [5, 5.41) is 0. The first-order chi connectivity index (χ1) is 48.9. The zero-order chi connectivity index (χ0) is 74.2. The van der Waals surface area contributed by atoms with Gasteiger partial charge in [0.05, 0.1) is 0 Å². The average Bonchev–Trinajstić information content (AvgIpc) is 0.689. The van der Waals surface area contributed by atoms with E-state index in [0.29, 0.717) is 5.92 Å². The lowest BCUT2D eigenvalue weighted by Gasteiger charge is -2.46. The Bertz CT molecular complexity index is 4910. The van der Waals surface area contributed by atoms with Gasteiger partial charge < -0.3 is 4.90 Å². The standard InChI is InChI=1S/C101H109B2N/c1-62-27-46-86(64(3)49-62)102-87-60-82(100(18,19)20)44-47-91(87)104-92-48-45-83(101(21,22)23)61-88(92)103(94-65(4)50-63(2)51-66(94)5)90-59-77(58-89(102)95(90)104)93-84(75-54-71(67-28-36-78(37-29-67)96(6,7)8)52-72(55-75)68-30-38-79(39-31-68)97(9,10)11)25-24-26-85(93)76-56-73(69-32-40-80(41-33-69)98(12,13)14)53-74(57-76)70-34-42-81(43-35-70)99(15,16)17/h24-50,52-61,66H,51H2,1-23H3. The van der Waals surface area contributed by atoms with E-state index in [-0.39, 0.29) is 45.9 Å². The van der Waals surface area contributed by atoms with Crippen molar-refractivity contribution < 1.29 is 0 Å². The lowest BCUT2D eigenvalue weighted by atomic mass is 9.28. The van der Waals surface area contributed by atoms with Crippen molar-refractivity contribution in [1.82, 2.24) is 0 Å². The fraction of sp³-hybridized carbons (Fsp3) is 0.307. The molecule has 524 valence electrons. The van der Waals surface area contributed by atoms with Crippen LogP contribution in [0.4, 0.5) is 17.1 Å². The molecule has 0 bridgehead atoms. The fourth-order valence-electron chi connectivity index (χ4n) is 17.2. The minimum absolute atomic E-state index is 0.00776. The van der Waals surface area contributed by atoms with Crippen molar-refractivity contribution in [3.63, 3.8) is 0 Å². The predicted molar refractivity (Wildman–Crippen MR) is 457 cm³/mol. The maximum absolute atomic E-state index is 2.73. The second-order valence-electron chi connectivity index (χ2n) is 37.5. The molecule has 0 aromatic heterocycles. The fourth-order valence-corrected chi connectivity index (χ4v) is 17.2. The summed E-state index contributed by atoms with van der Waals surface area (Å²) in [5.74, 6) is 0.303. The van der Waals surface area contributed by atoms with Gasteiger partial charge in [-0.25, -0.2) is 0 Å². The molecule has 1 nitrogen and oxygen atoms in total. The van der Waals surface area contributed by atoms with Crippen LogP contribution < -0.4 is 32.2 Å². The highest BCUT2D eigenvalue weighted by atomic mass is 15.2. The third-order valence-corrected chi connectivity index (χ3v) is 23.2. The van der Waals surface area contributed by atoms with Gasteiger partial charge in [0.25, 0.3) is 0 Å². The molecule has 104 heavy (non-hydrogen) atoms. The maximum Gasteiger partial charge on any atom is 0.247 e. The third kappa shape index (κ3) is 13.6. The van der Waals surface area contributed by atoms with Crippen molar-refractivity contribution in [1.29, 1.82) is 0 Å². The highest BCUT2D eigenvalue weighted by Gasteiger charge is 2.47. The smallest absolute Gasteiger partial charge is 0.247 e. The van der Waals surface area contributed by atoms with E-state index in [1.807, 2.05) is 0 Å². The van der Waals surface area contributed by atoms with Crippen molar-refractivity contribution in [2.75, 3.05) is 4.90 Å². The largest absolute Gasteiger partial charge is 0.313 e. The van der Waals surface area contributed by atoms with Crippen LogP contribution in [-0.4, -0.2) is 13.4 Å². The first-order valence-electron chi connectivity index (χ1n) is 38.5. The van der Waals surface area contributed by atoms with E-state index in [1.54, 1.807) is 0 Å². The van der Waals surface area contributed by atoms with E-state index >= 15 is 0 Å². The lowest BCUT2D eigenvalue weighted by Crippen LogP contribution is -2.64. The summed E-state index contributed by atoms with van der Waals surface area (Å²) < 4.78 is 0. The van der Waals surface area contributed by atoms with E-state index in [0.717, 1.165) is 6.42 Å². The van der Waals surface area contributed by atoms with E-state index in [1.165, 1.54) is 183 Å². The number of hydrogen-bond acceptors (Lipinski definition) is 1. The van der Waals surface area contributed by atoms with Gasteiger partial charge in [-0.05, 0) is 254 Å². The van der Waals surface area contributed by atoms with Crippen molar-refractivity contribution in [3.8, 4) is 77.9 Å². The van der Waals surface area contributed by atoms with Gasteiger partial charge in [0.2, 0.25) is 13.4 Å². The van der Waals surface area contributed by atoms with Crippen LogP contribution in [0.2, 0.25) is 0 Å². The van der Waals surface area contributed by atoms with Gasteiger partial charge in [-0.15, -0.1) is 0 Å². The highest BCUT2D eigenvalue weighted by Crippen LogP contribution is 2.49. The average molecular weight is 1360 g/mol. The molecule has 1 atom stereocenters. The summed E-state index contributed by atoms with van der Waals surface area (Å²) >= 11 is 0. The van der Waals surface area contributed by atoms with Gasteiger partial charge in [0, 0.05) is 17.1 Å². The van der Waals surface area contributed by atoms with Gasteiger partial charge in [-0.1, -0.05) is 341 Å². The second kappa shape index (κ2) is 26.2. The third-order valence-electron chi connectivity index (χ3n) is 23.2. The molecule has 0 saturated carbocycles. The van der Waals surface area contributed by atoms with E-state index in [2.05, 4.69) is 389 Å². The van der Waals surface area contributed by atoms with Crippen LogP contribution in [0.1, 0.15) is 196 Å². The molecule has 2 heterocycles.